The molecule has 6 nitrogen and oxygen atoms in total. The molecular weight excluding hydrogens is 326 g/mol. The third kappa shape index (κ3) is 4.58. The number of fused-ring (bicyclic) bond motifs is 1. The van der Waals surface area contributed by atoms with E-state index in [0.29, 0.717) is 12.3 Å². The van der Waals surface area contributed by atoms with Crippen molar-refractivity contribution in [3.05, 3.63) is 60.4 Å². The third-order valence-electron chi connectivity index (χ3n) is 3.44. The number of hydrogen-bond acceptors (Lipinski definition) is 5. The highest BCUT2D eigenvalue weighted by molar-refractivity contribution is 7.77. The first-order valence-corrected chi connectivity index (χ1v) is 8.58. The normalized spacial score (nSPS) is 12.2. The summed E-state index contributed by atoms with van der Waals surface area (Å²) in [6.07, 6.45) is 4.80. The van der Waals surface area contributed by atoms with Crippen LogP contribution in [0.3, 0.4) is 0 Å². The van der Waals surface area contributed by atoms with E-state index in [2.05, 4.69) is 14.7 Å². The fraction of sp³-hybridized carbons (Fsp3) is 0.176. The van der Waals surface area contributed by atoms with Gasteiger partial charge in [0, 0.05) is 36.3 Å². The van der Waals surface area contributed by atoms with E-state index in [1.54, 1.807) is 12.4 Å². The minimum Gasteiger partial charge on any atom is -0.760 e. The number of aromatic nitrogens is 2. The zero-order valence-corrected chi connectivity index (χ0v) is 13.7. The van der Waals surface area contributed by atoms with Crippen molar-refractivity contribution in [2.45, 2.75) is 12.8 Å². The van der Waals surface area contributed by atoms with Crippen LogP contribution >= 0.6 is 0 Å². The van der Waals surface area contributed by atoms with Gasteiger partial charge in [0.2, 0.25) is 0 Å². The molecule has 3 rings (SSSR count). The van der Waals surface area contributed by atoms with Crippen LogP contribution in [-0.4, -0.2) is 25.3 Å². The monoisotopic (exact) mass is 342 g/mol. The molecule has 7 heteroatoms. The highest BCUT2D eigenvalue weighted by Crippen LogP contribution is 2.25. The van der Waals surface area contributed by atoms with Crippen LogP contribution < -0.4 is 9.46 Å². The lowest BCUT2D eigenvalue weighted by molar-refractivity contribution is 0.482. The molecule has 24 heavy (non-hydrogen) atoms. The summed E-state index contributed by atoms with van der Waals surface area (Å²) >= 11 is -2.20. The van der Waals surface area contributed by atoms with Crippen molar-refractivity contribution in [3.63, 3.8) is 0 Å². The Balaban J connectivity index is 1.65. The van der Waals surface area contributed by atoms with Crippen LogP contribution in [0.1, 0.15) is 12.0 Å². The molecule has 1 aromatic heterocycles. The molecule has 1 unspecified atom stereocenters. The summed E-state index contributed by atoms with van der Waals surface area (Å²) in [5.74, 6) is 1.43. The van der Waals surface area contributed by atoms with Crippen LogP contribution in [0.15, 0.2) is 54.9 Å². The van der Waals surface area contributed by atoms with Gasteiger partial charge in [0.05, 0.1) is 11.0 Å². The van der Waals surface area contributed by atoms with Gasteiger partial charge in [-0.05, 0) is 42.7 Å². The minimum atomic E-state index is -2.20. The number of nitrogens with zero attached hydrogens (tertiary/aromatic N) is 2. The molecule has 1 N–H and O–H groups in total. The Hall–Kier alpha value is -2.35. The van der Waals surface area contributed by atoms with Crippen LogP contribution in [0.25, 0.3) is 11.0 Å². The van der Waals surface area contributed by atoms with E-state index in [1.165, 1.54) is 0 Å². The summed E-state index contributed by atoms with van der Waals surface area (Å²) in [6, 6.07) is 13.3. The highest BCUT2D eigenvalue weighted by Gasteiger charge is 2.02. The molecule has 0 spiro atoms. The number of hydrogen-bond donors (Lipinski definition) is 1. The molecule has 0 saturated heterocycles. The van der Waals surface area contributed by atoms with Crippen LogP contribution in [0.4, 0.5) is 0 Å². The Labute approximate surface area is 142 Å². The fourth-order valence-corrected chi connectivity index (χ4v) is 2.67. The van der Waals surface area contributed by atoms with E-state index < -0.39 is 11.3 Å². The maximum Gasteiger partial charge on any atom is 0.129 e. The molecule has 0 saturated carbocycles. The third-order valence-corrected chi connectivity index (χ3v) is 3.88. The molecule has 0 bridgehead atoms. The van der Waals surface area contributed by atoms with Crippen molar-refractivity contribution in [2.24, 2.45) is 0 Å². The van der Waals surface area contributed by atoms with Gasteiger partial charge in [-0.15, -0.1) is 0 Å². The Morgan fingerprint density at radius 1 is 1.04 bits per heavy atom. The maximum atomic E-state index is 10.4. The second-order valence-electron chi connectivity index (χ2n) is 5.19. The topological polar surface area (TPSA) is 87.2 Å². The molecule has 1 heterocycles. The average molecular weight is 342 g/mol. The minimum absolute atomic E-state index is 0.421. The highest BCUT2D eigenvalue weighted by atomic mass is 32.2. The predicted molar refractivity (Wildman–Crippen MR) is 91.3 cm³/mol. The van der Waals surface area contributed by atoms with E-state index >= 15 is 0 Å². The Morgan fingerprint density at radius 3 is 2.67 bits per heavy atom. The Kier molecular flexibility index (Phi) is 5.47. The van der Waals surface area contributed by atoms with Crippen molar-refractivity contribution in [1.29, 1.82) is 0 Å². The summed E-state index contributed by atoms with van der Waals surface area (Å²) in [4.78, 5) is 8.49. The van der Waals surface area contributed by atoms with Crippen molar-refractivity contribution in [3.8, 4) is 11.5 Å². The zero-order chi connectivity index (χ0) is 16.8. The second-order valence-corrected chi connectivity index (χ2v) is 5.95. The number of rotatable bonds is 7. The first-order chi connectivity index (χ1) is 11.7. The molecule has 0 aliphatic heterocycles. The average Bonchev–Trinajstić information content (AvgIpc) is 2.59. The lowest BCUT2D eigenvalue weighted by atomic mass is 10.1. The van der Waals surface area contributed by atoms with E-state index in [-0.39, 0.29) is 0 Å². The first-order valence-electron chi connectivity index (χ1n) is 7.51. The van der Waals surface area contributed by atoms with Crippen molar-refractivity contribution in [1.82, 2.24) is 14.7 Å². The molecule has 124 valence electrons. The van der Waals surface area contributed by atoms with Crippen LogP contribution in [0.2, 0.25) is 0 Å². The summed E-state index contributed by atoms with van der Waals surface area (Å²) in [7, 11) is 0. The number of benzene rings is 2. The zero-order valence-electron chi connectivity index (χ0n) is 12.8. The van der Waals surface area contributed by atoms with Gasteiger partial charge in [0.15, 0.2) is 0 Å². The summed E-state index contributed by atoms with van der Waals surface area (Å²) in [6.45, 7) is 0.421. The van der Waals surface area contributed by atoms with Gasteiger partial charge >= 0.3 is 0 Å². The van der Waals surface area contributed by atoms with Gasteiger partial charge in [-0.3, -0.25) is 14.2 Å². The van der Waals surface area contributed by atoms with Gasteiger partial charge in [0.25, 0.3) is 0 Å². The van der Waals surface area contributed by atoms with Gasteiger partial charge < -0.3 is 9.29 Å². The number of aryl methyl sites for hydroxylation is 1. The van der Waals surface area contributed by atoms with E-state index in [0.717, 1.165) is 35.2 Å². The smallest absolute Gasteiger partial charge is 0.129 e. The quantitative estimate of drug-likeness (QED) is 0.527. The molecule has 3 aromatic rings. The Morgan fingerprint density at radius 2 is 1.83 bits per heavy atom. The predicted octanol–water partition coefficient (Wildman–Crippen LogP) is 2.74. The van der Waals surface area contributed by atoms with E-state index in [9.17, 15) is 8.76 Å². The largest absolute Gasteiger partial charge is 0.760 e. The van der Waals surface area contributed by atoms with Gasteiger partial charge in [0.1, 0.15) is 11.5 Å². The van der Waals surface area contributed by atoms with E-state index in [4.69, 9.17) is 4.74 Å². The Bertz CT molecular complexity index is 857. The van der Waals surface area contributed by atoms with E-state index in [1.807, 2.05) is 42.5 Å². The lowest BCUT2D eigenvalue weighted by Gasteiger charge is -2.09. The molecule has 1 atom stereocenters. The lowest BCUT2D eigenvalue weighted by Crippen LogP contribution is -2.18. The molecule has 0 aliphatic carbocycles. The standard InChI is InChI=1S/C17H17N3O3S/c21-24(22)20-8-2-4-13-3-1-5-14(11-13)23-15-6-7-16-17(12-15)19-10-9-18-16/h1,3,5-7,9-12,20H,2,4,8H2,(H,21,22)/p-1. The van der Waals surface area contributed by atoms with Gasteiger partial charge in [-0.25, -0.2) is 4.72 Å². The fourth-order valence-electron chi connectivity index (χ4n) is 2.36. The van der Waals surface area contributed by atoms with Crippen molar-refractivity contribution in [2.75, 3.05) is 6.54 Å². The van der Waals surface area contributed by atoms with Gasteiger partial charge in [-0.1, -0.05) is 12.1 Å². The maximum absolute atomic E-state index is 10.4. The molecule has 0 fully saturated rings. The van der Waals surface area contributed by atoms with Crippen LogP contribution in [-0.2, 0) is 17.7 Å². The van der Waals surface area contributed by atoms with Crippen LogP contribution in [0.5, 0.6) is 11.5 Å². The molecule has 0 radical (unpaired) electrons. The SMILES string of the molecule is O=S([O-])NCCCc1cccc(Oc2ccc3nccnc3c2)c1. The number of ether oxygens (including phenoxy) is 1. The summed E-state index contributed by atoms with van der Waals surface area (Å²) < 4.78 is 29.1. The molecule has 2 aromatic carbocycles. The molecule has 0 aliphatic rings. The van der Waals surface area contributed by atoms with Gasteiger partial charge in [-0.2, -0.15) is 0 Å². The summed E-state index contributed by atoms with van der Waals surface area (Å²) in [5.41, 5.74) is 2.69. The number of nitrogens with one attached hydrogen (secondary N) is 1. The second kappa shape index (κ2) is 7.96. The molecular formula is C17H16N3O3S-. The van der Waals surface area contributed by atoms with Crippen molar-refractivity contribution >= 4 is 22.3 Å². The summed E-state index contributed by atoms with van der Waals surface area (Å²) in [5, 5.41) is 0. The van der Waals surface area contributed by atoms with Crippen LogP contribution in [0, 0.1) is 0 Å². The van der Waals surface area contributed by atoms with Crippen molar-refractivity contribution < 1.29 is 13.5 Å². The first kappa shape index (κ1) is 16.5. The molecule has 0 amide bonds.